The van der Waals surface area contributed by atoms with E-state index in [2.05, 4.69) is 31.2 Å². The van der Waals surface area contributed by atoms with Crippen molar-refractivity contribution in [1.29, 1.82) is 0 Å². The number of aromatic nitrogens is 2. The smallest absolute Gasteiger partial charge is 0.216 e. The van der Waals surface area contributed by atoms with Gasteiger partial charge in [0.1, 0.15) is 6.33 Å². The summed E-state index contributed by atoms with van der Waals surface area (Å²) in [5, 5.41) is 3.98. The molecule has 0 saturated carbocycles. The van der Waals surface area contributed by atoms with Crippen LogP contribution in [0.4, 0.5) is 0 Å². The molecular weight excluding hydrogens is 342 g/mol. The van der Waals surface area contributed by atoms with Crippen molar-refractivity contribution >= 4 is 27.5 Å². The number of hydrogen-bond acceptors (Lipinski definition) is 4. The van der Waals surface area contributed by atoms with E-state index in [4.69, 9.17) is 16.3 Å². The van der Waals surface area contributed by atoms with Gasteiger partial charge in [-0.15, -0.1) is 0 Å². The molecule has 0 saturated heterocycles. The maximum atomic E-state index is 6.35. The predicted molar refractivity (Wildman–Crippen MR) is 83.2 cm³/mol. The summed E-state index contributed by atoms with van der Waals surface area (Å²) in [6, 6.07) is 7.80. The lowest BCUT2D eigenvalue weighted by Crippen LogP contribution is -2.20. The van der Waals surface area contributed by atoms with Crippen molar-refractivity contribution < 1.29 is 4.74 Å². The SMILES string of the molecule is CNC(Cc1cc(OC)ncn1)c1cccc(Br)c1Cl. The molecule has 1 unspecified atom stereocenters. The Labute approximate surface area is 131 Å². The summed E-state index contributed by atoms with van der Waals surface area (Å²) in [5.41, 5.74) is 1.92. The fourth-order valence-electron chi connectivity index (χ4n) is 1.97. The molecule has 0 amide bonds. The lowest BCUT2D eigenvalue weighted by molar-refractivity contribution is 0.395. The van der Waals surface area contributed by atoms with Crippen LogP contribution in [0, 0.1) is 0 Å². The van der Waals surface area contributed by atoms with Crippen LogP contribution in [0.15, 0.2) is 35.1 Å². The van der Waals surface area contributed by atoms with Crippen LogP contribution in [0.5, 0.6) is 5.88 Å². The molecule has 1 aromatic heterocycles. The first kappa shape index (κ1) is 15.2. The summed E-state index contributed by atoms with van der Waals surface area (Å²) in [7, 11) is 3.49. The Hall–Kier alpha value is -1.17. The van der Waals surface area contributed by atoms with Gasteiger partial charge in [0.15, 0.2) is 0 Å². The molecule has 0 radical (unpaired) electrons. The molecule has 106 valence electrons. The molecule has 1 heterocycles. The lowest BCUT2D eigenvalue weighted by atomic mass is 10.0. The standard InChI is InChI=1S/C14H15BrClN3O/c1-17-12(10-4-3-5-11(15)14(10)16)6-9-7-13(20-2)19-8-18-9/h3-5,7-8,12,17H,6H2,1-2H3. The highest BCUT2D eigenvalue weighted by atomic mass is 79.9. The maximum Gasteiger partial charge on any atom is 0.216 e. The van der Waals surface area contributed by atoms with E-state index in [-0.39, 0.29) is 6.04 Å². The van der Waals surface area contributed by atoms with Gasteiger partial charge in [0, 0.05) is 28.7 Å². The average molecular weight is 357 g/mol. The minimum absolute atomic E-state index is 0.0691. The van der Waals surface area contributed by atoms with E-state index < -0.39 is 0 Å². The maximum absolute atomic E-state index is 6.35. The van der Waals surface area contributed by atoms with Crippen molar-refractivity contribution in [2.24, 2.45) is 0 Å². The van der Waals surface area contributed by atoms with Crippen molar-refractivity contribution in [3.63, 3.8) is 0 Å². The van der Waals surface area contributed by atoms with Crippen molar-refractivity contribution in [2.75, 3.05) is 14.2 Å². The molecule has 2 rings (SSSR count). The Bertz CT molecular complexity index is 594. The van der Waals surface area contributed by atoms with Gasteiger partial charge in [0.2, 0.25) is 5.88 Å². The Morgan fingerprint density at radius 1 is 1.40 bits per heavy atom. The van der Waals surface area contributed by atoms with E-state index in [1.54, 1.807) is 7.11 Å². The molecular formula is C14H15BrClN3O. The predicted octanol–water partition coefficient (Wildman–Crippen LogP) is 3.40. The molecule has 0 fully saturated rings. The summed E-state index contributed by atoms with van der Waals surface area (Å²) in [6.45, 7) is 0. The highest BCUT2D eigenvalue weighted by Gasteiger charge is 2.16. The minimum atomic E-state index is 0.0691. The second kappa shape index (κ2) is 7.02. The molecule has 1 atom stereocenters. The summed E-state index contributed by atoms with van der Waals surface area (Å²) in [6.07, 6.45) is 2.20. The summed E-state index contributed by atoms with van der Waals surface area (Å²) in [5.74, 6) is 0.560. The van der Waals surface area contributed by atoms with Crippen LogP contribution in [0.1, 0.15) is 17.3 Å². The topological polar surface area (TPSA) is 47.0 Å². The molecule has 1 aromatic carbocycles. The Morgan fingerprint density at radius 3 is 2.90 bits per heavy atom. The fraction of sp³-hybridized carbons (Fsp3) is 0.286. The largest absolute Gasteiger partial charge is 0.481 e. The van der Waals surface area contributed by atoms with Crippen LogP contribution in [0.25, 0.3) is 0 Å². The molecule has 0 aliphatic heterocycles. The number of nitrogens with one attached hydrogen (secondary N) is 1. The van der Waals surface area contributed by atoms with Gasteiger partial charge in [-0.3, -0.25) is 0 Å². The van der Waals surface area contributed by atoms with Crippen LogP contribution >= 0.6 is 27.5 Å². The van der Waals surface area contributed by atoms with Gasteiger partial charge < -0.3 is 10.1 Å². The van der Waals surface area contributed by atoms with Crippen molar-refractivity contribution in [3.8, 4) is 5.88 Å². The van der Waals surface area contributed by atoms with Crippen molar-refractivity contribution in [2.45, 2.75) is 12.5 Å². The number of nitrogens with zero attached hydrogens (tertiary/aromatic N) is 2. The lowest BCUT2D eigenvalue weighted by Gasteiger charge is -2.18. The van der Waals surface area contributed by atoms with E-state index in [1.807, 2.05) is 31.3 Å². The Kier molecular flexibility index (Phi) is 5.34. The van der Waals surface area contributed by atoms with Gasteiger partial charge in [0.05, 0.1) is 12.1 Å². The number of hydrogen-bond donors (Lipinski definition) is 1. The second-order valence-electron chi connectivity index (χ2n) is 4.24. The van der Waals surface area contributed by atoms with Gasteiger partial charge in [-0.25, -0.2) is 9.97 Å². The van der Waals surface area contributed by atoms with Gasteiger partial charge in [-0.1, -0.05) is 23.7 Å². The van der Waals surface area contributed by atoms with E-state index in [0.29, 0.717) is 17.3 Å². The zero-order valence-electron chi connectivity index (χ0n) is 11.2. The molecule has 4 nitrogen and oxygen atoms in total. The Balaban J connectivity index is 2.26. The van der Waals surface area contributed by atoms with E-state index in [0.717, 1.165) is 15.7 Å². The normalized spacial score (nSPS) is 12.2. The Morgan fingerprint density at radius 2 is 2.20 bits per heavy atom. The van der Waals surface area contributed by atoms with Gasteiger partial charge >= 0.3 is 0 Å². The van der Waals surface area contributed by atoms with Gasteiger partial charge in [0.25, 0.3) is 0 Å². The number of rotatable bonds is 5. The number of likely N-dealkylation sites (N-methyl/N-ethyl adjacent to an activating group) is 1. The summed E-state index contributed by atoms with van der Waals surface area (Å²) in [4.78, 5) is 8.27. The van der Waals surface area contributed by atoms with Crippen molar-refractivity contribution in [3.05, 3.63) is 51.3 Å². The molecule has 0 spiro atoms. The van der Waals surface area contributed by atoms with Crippen LogP contribution < -0.4 is 10.1 Å². The molecule has 0 aliphatic rings. The molecule has 1 N–H and O–H groups in total. The molecule has 0 aliphatic carbocycles. The van der Waals surface area contributed by atoms with Gasteiger partial charge in [-0.05, 0) is 34.6 Å². The van der Waals surface area contributed by atoms with E-state index >= 15 is 0 Å². The van der Waals surface area contributed by atoms with E-state index in [1.165, 1.54) is 6.33 Å². The van der Waals surface area contributed by atoms with E-state index in [9.17, 15) is 0 Å². The highest BCUT2D eigenvalue weighted by Crippen LogP contribution is 2.31. The first-order chi connectivity index (χ1) is 9.65. The van der Waals surface area contributed by atoms with Crippen LogP contribution in [0.2, 0.25) is 5.02 Å². The molecule has 0 bridgehead atoms. The van der Waals surface area contributed by atoms with Gasteiger partial charge in [-0.2, -0.15) is 0 Å². The first-order valence-electron chi connectivity index (χ1n) is 6.11. The average Bonchev–Trinajstić information content (AvgIpc) is 2.48. The zero-order chi connectivity index (χ0) is 14.5. The number of methoxy groups -OCH3 is 1. The highest BCUT2D eigenvalue weighted by molar-refractivity contribution is 9.10. The monoisotopic (exact) mass is 355 g/mol. The summed E-state index contributed by atoms with van der Waals surface area (Å²) >= 11 is 9.79. The third-order valence-electron chi connectivity index (χ3n) is 3.03. The third-order valence-corrected chi connectivity index (χ3v) is 4.34. The number of benzene rings is 1. The number of ether oxygens (including phenoxy) is 1. The molecule has 2 aromatic rings. The second-order valence-corrected chi connectivity index (χ2v) is 5.47. The zero-order valence-corrected chi connectivity index (χ0v) is 13.6. The van der Waals surface area contributed by atoms with Crippen LogP contribution in [-0.4, -0.2) is 24.1 Å². The fourth-order valence-corrected chi connectivity index (χ4v) is 2.61. The van der Waals surface area contributed by atoms with Crippen LogP contribution in [-0.2, 0) is 6.42 Å². The molecule has 20 heavy (non-hydrogen) atoms. The summed E-state index contributed by atoms with van der Waals surface area (Å²) < 4.78 is 6.00. The van der Waals surface area contributed by atoms with Crippen molar-refractivity contribution in [1.82, 2.24) is 15.3 Å². The van der Waals surface area contributed by atoms with Crippen LogP contribution in [0.3, 0.4) is 0 Å². The first-order valence-corrected chi connectivity index (χ1v) is 7.29. The quantitative estimate of drug-likeness (QED) is 0.892. The third kappa shape index (κ3) is 3.48. The number of halogens is 2. The molecule has 6 heteroatoms. The minimum Gasteiger partial charge on any atom is -0.481 e.